The smallest absolute Gasteiger partial charge is 0.258 e. The lowest BCUT2D eigenvalue weighted by atomic mass is 9.87. The van der Waals surface area contributed by atoms with E-state index in [9.17, 15) is 5.11 Å². The number of aliphatic hydroxyl groups is 1. The first-order valence-corrected chi connectivity index (χ1v) is 6.92. The summed E-state index contributed by atoms with van der Waals surface area (Å²) < 4.78 is 1.42. The maximum Gasteiger partial charge on any atom is 0.258 e. The van der Waals surface area contributed by atoms with E-state index in [0.29, 0.717) is 18.4 Å². The fourth-order valence-electron chi connectivity index (χ4n) is 2.66. The number of aliphatic hydroxyl groups excluding tert-OH is 1. The molecule has 2 heterocycles. The van der Waals surface area contributed by atoms with Crippen LogP contribution in [0.5, 0.6) is 0 Å². The second kappa shape index (κ2) is 5.60. The quantitative estimate of drug-likeness (QED) is 0.702. The number of rotatable bonds is 5. The van der Waals surface area contributed by atoms with Crippen molar-refractivity contribution in [3.8, 4) is 5.95 Å². The molecule has 1 fully saturated rings. The maximum atomic E-state index is 9.61. The highest BCUT2D eigenvalue weighted by molar-refractivity contribution is 5.34. The Labute approximate surface area is 121 Å². The van der Waals surface area contributed by atoms with Crippen LogP contribution in [0, 0.1) is 5.41 Å². The summed E-state index contributed by atoms with van der Waals surface area (Å²) in [7, 11) is 0. The van der Waals surface area contributed by atoms with Crippen LogP contribution in [-0.2, 0) is 0 Å². The molecule has 112 valence electrons. The van der Waals surface area contributed by atoms with Gasteiger partial charge in [-0.3, -0.25) is 0 Å². The van der Waals surface area contributed by atoms with E-state index in [4.69, 9.17) is 5.73 Å². The lowest BCUT2D eigenvalue weighted by Gasteiger charge is -2.26. The van der Waals surface area contributed by atoms with Crippen LogP contribution in [0.3, 0.4) is 0 Å². The Morgan fingerprint density at radius 3 is 2.76 bits per heavy atom. The van der Waals surface area contributed by atoms with Crippen LogP contribution in [0.1, 0.15) is 25.7 Å². The van der Waals surface area contributed by atoms with Crippen molar-refractivity contribution in [2.75, 3.05) is 24.2 Å². The van der Waals surface area contributed by atoms with Crippen LogP contribution in [-0.4, -0.2) is 48.0 Å². The van der Waals surface area contributed by atoms with Gasteiger partial charge < -0.3 is 16.2 Å². The van der Waals surface area contributed by atoms with Crippen LogP contribution in [0.25, 0.3) is 5.95 Å². The molecule has 0 amide bonds. The van der Waals surface area contributed by atoms with Gasteiger partial charge >= 0.3 is 0 Å². The maximum absolute atomic E-state index is 9.61. The second-order valence-electron chi connectivity index (χ2n) is 5.38. The monoisotopic (exact) mass is 290 g/mol. The molecule has 0 radical (unpaired) electrons. The fourth-order valence-corrected chi connectivity index (χ4v) is 2.66. The number of nitrogens with two attached hydrogens (primary N) is 1. The number of aromatic nitrogens is 6. The van der Waals surface area contributed by atoms with Crippen LogP contribution < -0.4 is 11.1 Å². The molecule has 1 aliphatic rings. The zero-order chi connectivity index (χ0) is 14.7. The van der Waals surface area contributed by atoms with E-state index in [1.165, 1.54) is 17.3 Å². The van der Waals surface area contributed by atoms with Crippen molar-refractivity contribution in [2.45, 2.75) is 25.7 Å². The molecule has 9 nitrogen and oxygen atoms in total. The SMILES string of the molecule is Nc1nc(NCC2(CO)CCCC2)nc(-n2cncn2)n1. The summed E-state index contributed by atoms with van der Waals surface area (Å²) in [6, 6.07) is 0. The number of hydrogen-bond acceptors (Lipinski definition) is 8. The van der Waals surface area contributed by atoms with Crippen molar-refractivity contribution in [1.29, 1.82) is 0 Å². The Bertz CT molecular complexity index is 593. The largest absolute Gasteiger partial charge is 0.396 e. The highest BCUT2D eigenvalue weighted by atomic mass is 16.3. The van der Waals surface area contributed by atoms with Crippen molar-refractivity contribution in [1.82, 2.24) is 29.7 Å². The minimum Gasteiger partial charge on any atom is -0.396 e. The Morgan fingerprint density at radius 1 is 1.29 bits per heavy atom. The molecule has 0 atom stereocenters. The molecular formula is C12H18N8O. The summed E-state index contributed by atoms with van der Waals surface area (Å²) in [6.07, 6.45) is 7.19. The van der Waals surface area contributed by atoms with Gasteiger partial charge in [0, 0.05) is 12.0 Å². The third-order valence-corrected chi connectivity index (χ3v) is 3.89. The lowest BCUT2D eigenvalue weighted by molar-refractivity contribution is 0.142. The minimum absolute atomic E-state index is 0.0885. The molecule has 0 bridgehead atoms. The van der Waals surface area contributed by atoms with Gasteiger partial charge in [0.2, 0.25) is 11.9 Å². The third-order valence-electron chi connectivity index (χ3n) is 3.89. The Balaban J connectivity index is 1.76. The summed E-state index contributed by atoms with van der Waals surface area (Å²) in [6.45, 7) is 0.778. The van der Waals surface area contributed by atoms with Crippen molar-refractivity contribution < 1.29 is 5.11 Å². The second-order valence-corrected chi connectivity index (χ2v) is 5.38. The molecule has 3 rings (SSSR count). The van der Waals surface area contributed by atoms with Gasteiger partial charge in [0.25, 0.3) is 5.95 Å². The summed E-state index contributed by atoms with van der Waals surface area (Å²) in [4.78, 5) is 16.2. The first kappa shape index (κ1) is 13.7. The molecular weight excluding hydrogens is 272 g/mol. The van der Waals surface area contributed by atoms with Gasteiger partial charge in [-0.2, -0.15) is 24.7 Å². The van der Waals surface area contributed by atoms with Gasteiger partial charge in [-0.15, -0.1) is 0 Å². The summed E-state index contributed by atoms with van der Waals surface area (Å²) in [5, 5.41) is 16.7. The molecule has 21 heavy (non-hydrogen) atoms. The number of nitrogens with one attached hydrogen (secondary N) is 1. The van der Waals surface area contributed by atoms with E-state index in [1.807, 2.05) is 0 Å². The predicted molar refractivity (Wildman–Crippen MR) is 75.6 cm³/mol. The molecule has 4 N–H and O–H groups in total. The van der Waals surface area contributed by atoms with Crippen molar-refractivity contribution in [3.05, 3.63) is 12.7 Å². The van der Waals surface area contributed by atoms with E-state index in [1.54, 1.807) is 0 Å². The van der Waals surface area contributed by atoms with Crippen LogP contribution in [0.4, 0.5) is 11.9 Å². The summed E-state index contributed by atoms with van der Waals surface area (Å²) >= 11 is 0. The van der Waals surface area contributed by atoms with Gasteiger partial charge in [-0.05, 0) is 12.8 Å². The Hall–Kier alpha value is -2.29. The number of nitrogen functional groups attached to an aromatic ring is 1. The highest BCUT2D eigenvalue weighted by Crippen LogP contribution is 2.37. The normalized spacial score (nSPS) is 17.0. The Kier molecular flexibility index (Phi) is 3.65. The molecule has 1 aliphatic carbocycles. The Morgan fingerprint density at radius 2 is 2.10 bits per heavy atom. The van der Waals surface area contributed by atoms with Gasteiger partial charge in [0.1, 0.15) is 12.7 Å². The van der Waals surface area contributed by atoms with E-state index in [-0.39, 0.29) is 18.0 Å². The summed E-state index contributed by atoms with van der Waals surface area (Å²) in [5.41, 5.74) is 5.61. The standard InChI is InChI=1S/C12H18N8O/c13-9-17-10(15-5-12(6-21)3-1-2-4-12)19-11(18-9)20-8-14-7-16-20/h7-8,21H,1-6H2,(H3,13,15,17,18,19). The average molecular weight is 290 g/mol. The van der Waals surface area contributed by atoms with Crippen molar-refractivity contribution in [3.63, 3.8) is 0 Å². The van der Waals surface area contributed by atoms with Crippen molar-refractivity contribution in [2.24, 2.45) is 5.41 Å². The van der Waals surface area contributed by atoms with E-state index >= 15 is 0 Å². The van der Waals surface area contributed by atoms with E-state index < -0.39 is 0 Å². The summed E-state index contributed by atoms with van der Waals surface area (Å²) in [5.74, 6) is 0.808. The molecule has 0 aromatic carbocycles. The van der Waals surface area contributed by atoms with Gasteiger partial charge in [0.05, 0.1) is 6.61 Å². The third kappa shape index (κ3) is 2.92. The fraction of sp³-hybridized carbons (Fsp3) is 0.583. The first-order chi connectivity index (χ1) is 10.2. The van der Waals surface area contributed by atoms with Crippen LogP contribution in [0.2, 0.25) is 0 Å². The number of anilines is 2. The molecule has 2 aromatic rings. The van der Waals surface area contributed by atoms with Crippen LogP contribution in [0.15, 0.2) is 12.7 Å². The highest BCUT2D eigenvalue weighted by Gasteiger charge is 2.33. The molecule has 9 heteroatoms. The molecule has 0 aliphatic heterocycles. The van der Waals surface area contributed by atoms with Crippen LogP contribution >= 0.6 is 0 Å². The van der Waals surface area contributed by atoms with Gasteiger partial charge in [0.15, 0.2) is 0 Å². The van der Waals surface area contributed by atoms with Gasteiger partial charge in [-0.1, -0.05) is 12.8 Å². The predicted octanol–water partition coefficient (Wildman–Crippen LogP) is -0.000900. The van der Waals surface area contributed by atoms with Crippen molar-refractivity contribution >= 4 is 11.9 Å². The zero-order valence-corrected chi connectivity index (χ0v) is 11.6. The zero-order valence-electron chi connectivity index (χ0n) is 11.6. The van der Waals surface area contributed by atoms with E-state index in [2.05, 4.69) is 30.4 Å². The number of nitrogens with zero attached hydrogens (tertiary/aromatic N) is 6. The number of hydrogen-bond donors (Lipinski definition) is 3. The minimum atomic E-state index is -0.0885. The average Bonchev–Trinajstić information content (AvgIpc) is 3.17. The van der Waals surface area contributed by atoms with E-state index in [0.717, 1.165) is 25.7 Å². The first-order valence-electron chi connectivity index (χ1n) is 6.92. The topological polar surface area (TPSA) is 128 Å². The molecule has 0 unspecified atom stereocenters. The molecule has 2 aromatic heterocycles. The van der Waals surface area contributed by atoms with Gasteiger partial charge in [-0.25, -0.2) is 4.98 Å². The lowest BCUT2D eigenvalue weighted by Crippen LogP contribution is -2.31. The molecule has 1 saturated carbocycles. The molecule has 0 spiro atoms. The molecule has 0 saturated heterocycles.